The fraction of sp³-hybridized carbons (Fsp3) is 0.435. The first-order valence-corrected chi connectivity index (χ1v) is 9.74. The first kappa shape index (κ1) is 17.3. The Morgan fingerprint density at radius 2 is 1.42 bits per heavy atom. The van der Waals surface area contributed by atoms with Crippen LogP contribution in [0.3, 0.4) is 0 Å². The summed E-state index contributed by atoms with van der Waals surface area (Å²) in [7, 11) is 2.23. The van der Waals surface area contributed by atoms with Gasteiger partial charge >= 0.3 is 5.97 Å². The molecule has 4 rings (SSSR count). The Morgan fingerprint density at radius 1 is 0.885 bits per heavy atom. The normalized spacial score (nSPS) is 25.8. The van der Waals surface area contributed by atoms with Crippen LogP contribution >= 0.6 is 0 Å². The van der Waals surface area contributed by atoms with Crippen LogP contribution in [-0.2, 0) is 9.53 Å². The second-order valence-electron chi connectivity index (χ2n) is 7.68. The van der Waals surface area contributed by atoms with Crippen LogP contribution in [0, 0.1) is 0 Å². The molecule has 0 N–H and O–H groups in total. The van der Waals surface area contributed by atoms with Gasteiger partial charge in [0.05, 0.1) is 0 Å². The van der Waals surface area contributed by atoms with Crippen molar-refractivity contribution in [2.24, 2.45) is 0 Å². The van der Waals surface area contributed by atoms with E-state index in [1.165, 1.54) is 12.8 Å². The summed E-state index contributed by atoms with van der Waals surface area (Å²) in [5.41, 5.74) is 1.99. The number of esters is 1. The molecule has 0 amide bonds. The molecule has 2 bridgehead atoms. The molecule has 2 aliphatic rings. The Balaban J connectivity index is 1.54. The molecule has 0 spiro atoms. The van der Waals surface area contributed by atoms with Crippen LogP contribution in [-0.4, -0.2) is 36.1 Å². The van der Waals surface area contributed by atoms with Crippen LogP contribution in [0.4, 0.5) is 0 Å². The molecule has 2 aromatic carbocycles. The van der Waals surface area contributed by atoms with Crippen LogP contribution in [0.25, 0.3) is 0 Å². The summed E-state index contributed by atoms with van der Waals surface area (Å²) in [5, 5.41) is 0. The van der Waals surface area contributed by atoms with Gasteiger partial charge in [-0.1, -0.05) is 60.7 Å². The fourth-order valence-electron chi connectivity index (χ4n) is 4.62. The maximum atomic E-state index is 13.2. The van der Waals surface area contributed by atoms with E-state index < -0.39 is 0 Å². The molecular formula is C23H27NO2. The van der Waals surface area contributed by atoms with E-state index in [9.17, 15) is 4.79 Å². The van der Waals surface area contributed by atoms with E-state index in [0.29, 0.717) is 12.1 Å². The Bertz CT molecular complexity index is 691. The topological polar surface area (TPSA) is 29.5 Å². The van der Waals surface area contributed by atoms with E-state index in [2.05, 4.69) is 11.9 Å². The average molecular weight is 349 g/mol. The molecule has 0 aliphatic carbocycles. The second-order valence-corrected chi connectivity index (χ2v) is 7.68. The summed E-state index contributed by atoms with van der Waals surface area (Å²) in [4.78, 5) is 15.7. The number of ether oxygens (including phenoxy) is 1. The van der Waals surface area contributed by atoms with Crippen LogP contribution < -0.4 is 0 Å². The summed E-state index contributed by atoms with van der Waals surface area (Å²) in [5.74, 6) is -0.469. The number of carbonyl (C=O) groups excluding carboxylic acids is 1. The molecule has 2 saturated heterocycles. The van der Waals surface area contributed by atoms with Crippen molar-refractivity contribution in [2.45, 2.75) is 56.2 Å². The van der Waals surface area contributed by atoms with Crippen molar-refractivity contribution in [1.82, 2.24) is 4.90 Å². The van der Waals surface area contributed by atoms with Crippen molar-refractivity contribution in [3.05, 3.63) is 71.8 Å². The molecule has 2 aromatic rings. The number of carbonyl (C=O) groups is 1. The van der Waals surface area contributed by atoms with Gasteiger partial charge in [-0.15, -0.1) is 0 Å². The standard InChI is InChI=1S/C23H27NO2/c1-24-19-12-13-20(24)16-21(15-14-19)26-23(25)22(17-8-4-2-5-9-17)18-10-6-3-7-11-18/h2-11,19-22H,12-16H2,1H3. The SMILES string of the molecule is CN1C2CCC(OC(=O)C(c3ccccc3)c3ccccc3)CC1CC2. The third-order valence-corrected chi connectivity index (χ3v) is 6.13. The van der Waals surface area contributed by atoms with Crippen molar-refractivity contribution in [3.8, 4) is 0 Å². The van der Waals surface area contributed by atoms with E-state index in [0.717, 1.165) is 30.4 Å². The summed E-state index contributed by atoms with van der Waals surface area (Å²) < 4.78 is 6.08. The molecule has 0 aromatic heterocycles. The number of nitrogens with zero attached hydrogens (tertiary/aromatic N) is 1. The van der Waals surface area contributed by atoms with Gasteiger partial charge in [0.25, 0.3) is 0 Å². The summed E-state index contributed by atoms with van der Waals surface area (Å²) >= 11 is 0. The van der Waals surface area contributed by atoms with Gasteiger partial charge in [-0.2, -0.15) is 0 Å². The lowest BCUT2D eigenvalue weighted by Gasteiger charge is -2.25. The second kappa shape index (κ2) is 7.63. The largest absolute Gasteiger partial charge is 0.462 e. The molecule has 0 saturated carbocycles. The number of benzene rings is 2. The van der Waals surface area contributed by atoms with E-state index in [4.69, 9.17) is 4.74 Å². The predicted octanol–water partition coefficient (Wildman–Crippen LogP) is 4.38. The molecule has 0 radical (unpaired) electrons. The number of rotatable bonds is 4. The maximum Gasteiger partial charge on any atom is 0.318 e. The minimum absolute atomic E-state index is 0.0372. The van der Waals surface area contributed by atoms with E-state index >= 15 is 0 Å². The van der Waals surface area contributed by atoms with Crippen molar-refractivity contribution < 1.29 is 9.53 Å². The fourth-order valence-corrected chi connectivity index (χ4v) is 4.62. The maximum absolute atomic E-state index is 13.2. The van der Waals surface area contributed by atoms with E-state index in [1.807, 2.05) is 60.7 Å². The lowest BCUT2D eigenvalue weighted by atomic mass is 9.91. The zero-order valence-electron chi connectivity index (χ0n) is 15.4. The molecule has 3 atom stereocenters. The van der Waals surface area contributed by atoms with E-state index in [-0.39, 0.29) is 18.0 Å². The lowest BCUT2D eigenvalue weighted by Crippen LogP contribution is -2.32. The molecule has 26 heavy (non-hydrogen) atoms. The van der Waals surface area contributed by atoms with Crippen molar-refractivity contribution >= 4 is 5.97 Å². The van der Waals surface area contributed by atoms with Crippen molar-refractivity contribution in [2.75, 3.05) is 7.05 Å². The highest BCUT2D eigenvalue weighted by Crippen LogP contribution is 2.35. The molecule has 3 nitrogen and oxygen atoms in total. The monoisotopic (exact) mass is 349 g/mol. The Hall–Kier alpha value is -2.13. The quantitative estimate of drug-likeness (QED) is 0.767. The molecule has 136 valence electrons. The van der Waals surface area contributed by atoms with Crippen LogP contribution in [0.1, 0.15) is 49.1 Å². The third-order valence-electron chi connectivity index (χ3n) is 6.13. The van der Waals surface area contributed by atoms with Gasteiger partial charge in [-0.05, 0) is 50.3 Å². The average Bonchev–Trinajstić information content (AvgIpc) is 2.92. The molecule has 2 fully saturated rings. The first-order chi connectivity index (χ1) is 12.7. The third kappa shape index (κ3) is 3.54. The van der Waals surface area contributed by atoms with Crippen LogP contribution in [0.2, 0.25) is 0 Å². The molecule has 2 aliphatic heterocycles. The number of hydrogen-bond donors (Lipinski definition) is 0. The Labute approximate surface area is 156 Å². The predicted molar refractivity (Wildman–Crippen MR) is 103 cm³/mol. The zero-order chi connectivity index (χ0) is 17.9. The minimum Gasteiger partial charge on any atom is -0.462 e. The van der Waals surface area contributed by atoms with Crippen LogP contribution in [0.5, 0.6) is 0 Å². The number of hydrogen-bond acceptors (Lipinski definition) is 3. The number of fused-ring (bicyclic) bond motifs is 2. The lowest BCUT2D eigenvalue weighted by molar-refractivity contribution is -0.150. The molecule has 3 unspecified atom stereocenters. The van der Waals surface area contributed by atoms with Crippen molar-refractivity contribution in [3.63, 3.8) is 0 Å². The summed E-state index contributed by atoms with van der Waals surface area (Å²) in [6.45, 7) is 0. The van der Waals surface area contributed by atoms with Crippen LogP contribution in [0.15, 0.2) is 60.7 Å². The Kier molecular flexibility index (Phi) is 5.07. The summed E-state index contributed by atoms with van der Waals surface area (Å²) in [6, 6.07) is 21.2. The van der Waals surface area contributed by atoms with Gasteiger partial charge in [-0.3, -0.25) is 4.79 Å². The van der Waals surface area contributed by atoms with Gasteiger partial charge in [0, 0.05) is 12.1 Å². The van der Waals surface area contributed by atoms with Gasteiger partial charge in [-0.25, -0.2) is 0 Å². The van der Waals surface area contributed by atoms with Gasteiger partial charge < -0.3 is 9.64 Å². The zero-order valence-corrected chi connectivity index (χ0v) is 15.4. The summed E-state index contributed by atoms with van der Waals surface area (Å²) in [6.07, 6.45) is 5.64. The molecule has 2 heterocycles. The highest BCUT2D eigenvalue weighted by molar-refractivity contribution is 5.82. The van der Waals surface area contributed by atoms with E-state index in [1.54, 1.807) is 0 Å². The highest BCUT2D eigenvalue weighted by Gasteiger charge is 2.37. The van der Waals surface area contributed by atoms with Gasteiger partial charge in [0.15, 0.2) is 0 Å². The Morgan fingerprint density at radius 3 is 2.04 bits per heavy atom. The highest BCUT2D eigenvalue weighted by atomic mass is 16.5. The first-order valence-electron chi connectivity index (χ1n) is 9.74. The minimum atomic E-state index is -0.351. The molecular weight excluding hydrogens is 322 g/mol. The van der Waals surface area contributed by atoms with Crippen molar-refractivity contribution in [1.29, 1.82) is 0 Å². The van der Waals surface area contributed by atoms with Gasteiger partial charge in [0.1, 0.15) is 12.0 Å². The smallest absolute Gasteiger partial charge is 0.318 e. The molecule has 3 heteroatoms. The van der Waals surface area contributed by atoms with Gasteiger partial charge in [0.2, 0.25) is 0 Å².